The van der Waals surface area contributed by atoms with Crippen molar-refractivity contribution in [2.45, 2.75) is 136 Å². The molecule has 0 aromatic carbocycles. The van der Waals surface area contributed by atoms with Crippen molar-refractivity contribution in [1.82, 2.24) is 5.32 Å². The number of hydrogen-bond acceptors (Lipinski definition) is 3. The van der Waals surface area contributed by atoms with Crippen LogP contribution in [0.1, 0.15) is 102 Å². The first-order valence-electron chi connectivity index (χ1n) is 14.2. The number of carbonyl (C=O) groups excluding carboxylic acids is 1. The minimum Gasteiger partial charge on any atom is -0.444 e. The highest BCUT2D eigenvalue weighted by Crippen LogP contribution is 2.29. The Kier molecular flexibility index (Phi) is 17.3. The lowest BCUT2D eigenvalue weighted by atomic mass is 10.1. The largest absolute Gasteiger partial charge is 0.444 e. The Hall–Kier alpha value is -1.11. The van der Waals surface area contributed by atoms with Gasteiger partial charge in [0.05, 0.1) is 12.1 Å². The van der Waals surface area contributed by atoms with Crippen molar-refractivity contribution >= 4 is 33.6 Å². The molecule has 8 atom stereocenters. The van der Waals surface area contributed by atoms with E-state index in [1.165, 1.54) is 23.1 Å². The van der Waals surface area contributed by atoms with E-state index in [0.29, 0.717) is 28.5 Å². The van der Waals surface area contributed by atoms with Crippen molar-refractivity contribution in [3.05, 3.63) is 46.6 Å². The van der Waals surface area contributed by atoms with Crippen LogP contribution in [-0.2, 0) is 4.74 Å². The molecule has 0 spiro atoms. The molecule has 0 aromatic rings. The molecule has 0 aromatic heterocycles. The summed E-state index contributed by atoms with van der Waals surface area (Å²) in [6, 6.07) is -0.542. The normalized spacial score (nSPS) is 32.4. The maximum absolute atomic E-state index is 13.3. The summed E-state index contributed by atoms with van der Waals surface area (Å²) in [4.78, 5) is 12.0. The van der Waals surface area contributed by atoms with Gasteiger partial charge in [-0.25, -0.2) is 9.18 Å². The van der Waals surface area contributed by atoms with Gasteiger partial charge in [0.25, 0.3) is 0 Å². The molecule has 0 radical (unpaired) electrons. The van der Waals surface area contributed by atoms with Crippen molar-refractivity contribution in [3.8, 4) is 0 Å². The molecule has 4 nitrogen and oxygen atoms in total. The van der Waals surface area contributed by atoms with Gasteiger partial charge in [-0.05, 0) is 79.6 Å². The zero-order valence-corrected chi connectivity index (χ0v) is 28.0. The highest BCUT2D eigenvalue weighted by Gasteiger charge is 2.28. The minimum absolute atomic E-state index is 0. The number of nitrogens with one attached hydrogen (secondary N) is 1. The van der Waals surface area contributed by atoms with E-state index in [1.807, 2.05) is 13.8 Å². The van der Waals surface area contributed by atoms with Crippen LogP contribution < -0.4 is 5.32 Å². The van der Waals surface area contributed by atoms with Gasteiger partial charge in [0, 0.05) is 22.5 Å². The molecule has 0 bridgehead atoms. The Morgan fingerprint density at radius 1 is 0.900 bits per heavy atom. The third kappa shape index (κ3) is 15.2. The molecule has 1 amide bonds. The first-order chi connectivity index (χ1) is 17.9. The van der Waals surface area contributed by atoms with Gasteiger partial charge >= 0.3 is 6.09 Å². The van der Waals surface area contributed by atoms with Crippen molar-refractivity contribution in [2.24, 2.45) is 17.8 Å². The van der Waals surface area contributed by atoms with Crippen LogP contribution in [-0.4, -0.2) is 45.3 Å². The predicted molar refractivity (Wildman–Crippen MR) is 174 cm³/mol. The number of alkyl halides is 3. The smallest absolute Gasteiger partial charge is 0.408 e. The average Bonchev–Trinajstić information content (AvgIpc) is 3.43. The highest BCUT2D eigenvalue weighted by atomic mass is 79.9. The van der Waals surface area contributed by atoms with Crippen LogP contribution in [0.25, 0.3) is 0 Å². The molecule has 0 aliphatic heterocycles. The van der Waals surface area contributed by atoms with Crippen molar-refractivity contribution in [3.63, 3.8) is 0 Å². The molecule has 4 rings (SSSR count). The third-order valence-corrected chi connectivity index (χ3v) is 8.72. The number of aliphatic hydroxyl groups is 1. The zero-order valence-electron chi connectivity index (χ0n) is 25.7. The summed E-state index contributed by atoms with van der Waals surface area (Å²) in [6.07, 6.45) is 10.3. The number of allylic oxidation sites excluding steroid dienone is 5. The van der Waals surface area contributed by atoms with Crippen LogP contribution in [0, 0.1) is 17.8 Å². The fraction of sp³-hybridized carbons (Fsp3) is 0.727. The van der Waals surface area contributed by atoms with Gasteiger partial charge in [0.1, 0.15) is 11.8 Å². The van der Waals surface area contributed by atoms with Crippen molar-refractivity contribution in [1.29, 1.82) is 0 Å². The maximum Gasteiger partial charge on any atom is 0.408 e. The summed E-state index contributed by atoms with van der Waals surface area (Å²) < 4.78 is 18.3. The molecule has 40 heavy (non-hydrogen) atoms. The minimum atomic E-state index is -1.03. The van der Waals surface area contributed by atoms with Crippen LogP contribution in [0.2, 0.25) is 0 Å². The molecular formula is C33H56BrClFNO3. The summed E-state index contributed by atoms with van der Waals surface area (Å²) in [5, 5.41) is 12.0. The number of rotatable bonds is 1. The number of aliphatic hydroxyl groups excluding tert-OH is 1. The Bertz CT molecular complexity index is 852. The standard InChI is InChI=1S/C11H18FNO2.C7H11Br.C7H11Cl.C7H12O.CH4/c1-7-5-8(12)9(6-7)13-10(14)15-11(2,3)4;3*1-5-3-6(2)7(8)4-5;/h6,8-9H,5H2,1-4H3,(H,13,14);2*3,6-7H,4H2,1-2H3;3,6-8H,4H2,1-2H3;1H4/t8-,9-;3*6-,7-;/m0000./s1. The van der Waals surface area contributed by atoms with Gasteiger partial charge in [-0.2, -0.15) is 0 Å². The van der Waals surface area contributed by atoms with E-state index in [9.17, 15) is 9.18 Å². The monoisotopic (exact) mass is 647 g/mol. The van der Waals surface area contributed by atoms with Gasteiger partial charge in [-0.3, -0.25) is 0 Å². The molecule has 7 heteroatoms. The first kappa shape index (κ1) is 38.9. The van der Waals surface area contributed by atoms with Crippen LogP contribution in [0.5, 0.6) is 0 Å². The van der Waals surface area contributed by atoms with E-state index < -0.39 is 23.9 Å². The van der Waals surface area contributed by atoms with Crippen LogP contribution >= 0.6 is 27.5 Å². The maximum atomic E-state index is 13.3. The molecule has 0 fully saturated rings. The molecule has 4 aliphatic carbocycles. The Morgan fingerprint density at radius 2 is 1.38 bits per heavy atom. The Labute approximate surface area is 258 Å². The topological polar surface area (TPSA) is 58.6 Å². The van der Waals surface area contributed by atoms with E-state index in [0.717, 1.165) is 24.3 Å². The number of halogens is 3. The van der Waals surface area contributed by atoms with E-state index in [-0.39, 0.29) is 13.5 Å². The van der Waals surface area contributed by atoms with Crippen LogP contribution in [0.3, 0.4) is 0 Å². The van der Waals surface area contributed by atoms with Gasteiger partial charge in [-0.1, -0.05) is 90.7 Å². The van der Waals surface area contributed by atoms with E-state index in [2.05, 4.69) is 74.1 Å². The summed E-state index contributed by atoms with van der Waals surface area (Å²) in [6.45, 7) is 20.0. The summed E-state index contributed by atoms with van der Waals surface area (Å²) in [5.74, 6) is 1.72. The molecule has 0 saturated carbocycles. The SMILES string of the molecule is C.CC1=C[C@H](C)[C@@H](Br)C1.CC1=C[C@H](C)[C@@H](Cl)C1.CC1=C[C@H](C)[C@@H](O)C1.CC1=C[C@H](NC(=O)OC(C)(C)C)[C@@H](F)C1. The second-order valence-electron chi connectivity index (χ2n) is 12.7. The van der Waals surface area contributed by atoms with Gasteiger partial charge < -0.3 is 15.2 Å². The number of alkyl carbamates (subject to hydrolysis) is 1. The van der Waals surface area contributed by atoms with Crippen LogP contribution in [0.15, 0.2) is 46.6 Å². The fourth-order valence-electron chi connectivity index (χ4n) is 4.86. The van der Waals surface area contributed by atoms with Crippen molar-refractivity contribution < 1.29 is 19.0 Å². The quantitative estimate of drug-likeness (QED) is 0.220. The van der Waals surface area contributed by atoms with Gasteiger partial charge in [-0.15, -0.1) is 11.6 Å². The molecule has 0 heterocycles. The summed E-state index contributed by atoms with van der Waals surface area (Å²) in [7, 11) is 0. The van der Waals surface area contributed by atoms with E-state index >= 15 is 0 Å². The van der Waals surface area contributed by atoms with E-state index in [1.54, 1.807) is 26.8 Å². The molecule has 232 valence electrons. The number of hydrogen-bond donors (Lipinski definition) is 2. The fourth-order valence-corrected chi connectivity index (χ4v) is 5.84. The lowest BCUT2D eigenvalue weighted by Crippen LogP contribution is -2.41. The highest BCUT2D eigenvalue weighted by molar-refractivity contribution is 9.09. The Balaban J connectivity index is 0.000000526. The molecular weight excluding hydrogens is 593 g/mol. The number of carbonyl (C=O) groups is 1. The molecule has 0 unspecified atom stereocenters. The lowest BCUT2D eigenvalue weighted by Gasteiger charge is -2.22. The summed E-state index contributed by atoms with van der Waals surface area (Å²) >= 11 is 9.50. The molecule has 2 N–H and O–H groups in total. The third-order valence-electron chi connectivity index (χ3n) is 7.01. The van der Waals surface area contributed by atoms with Gasteiger partial charge in [0.15, 0.2) is 0 Å². The number of amides is 1. The second kappa shape index (κ2) is 17.8. The average molecular weight is 649 g/mol. The molecule has 0 saturated heterocycles. The Morgan fingerprint density at radius 3 is 1.60 bits per heavy atom. The molecule has 4 aliphatic rings. The van der Waals surface area contributed by atoms with Gasteiger partial charge in [0.2, 0.25) is 0 Å². The predicted octanol–water partition coefficient (Wildman–Crippen LogP) is 9.85. The second-order valence-corrected chi connectivity index (χ2v) is 14.5. The summed E-state index contributed by atoms with van der Waals surface area (Å²) in [5.41, 5.74) is 4.71. The zero-order chi connectivity index (χ0) is 30.1. The first-order valence-corrected chi connectivity index (χ1v) is 15.5. The lowest BCUT2D eigenvalue weighted by molar-refractivity contribution is 0.0495. The van der Waals surface area contributed by atoms with E-state index in [4.69, 9.17) is 21.4 Å². The van der Waals surface area contributed by atoms with Crippen molar-refractivity contribution in [2.75, 3.05) is 0 Å². The number of ether oxygens (including phenoxy) is 1. The van der Waals surface area contributed by atoms with Crippen LogP contribution in [0.4, 0.5) is 9.18 Å².